The molecule has 1 fully saturated rings. The van der Waals surface area contributed by atoms with Gasteiger partial charge >= 0.3 is 0 Å². The van der Waals surface area contributed by atoms with Crippen molar-refractivity contribution in [2.75, 3.05) is 6.54 Å². The van der Waals surface area contributed by atoms with Crippen LogP contribution in [0.2, 0.25) is 0 Å². The summed E-state index contributed by atoms with van der Waals surface area (Å²) in [6.45, 7) is 7.23. The molecule has 1 aliphatic carbocycles. The summed E-state index contributed by atoms with van der Waals surface area (Å²) in [5.74, 6) is 0.543. The van der Waals surface area contributed by atoms with E-state index < -0.39 is 6.10 Å². The molecular weight excluding hydrogens is 246 g/mol. The second kappa shape index (κ2) is 7.24. The van der Waals surface area contributed by atoms with Crippen molar-refractivity contribution >= 4 is 0 Å². The molecule has 2 rings (SSSR count). The summed E-state index contributed by atoms with van der Waals surface area (Å²) >= 11 is 0. The van der Waals surface area contributed by atoms with Crippen LogP contribution in [0.5, 0.6) is 0 Å². The minimum atomic E-state index is -0.392. The monoisotopic (exact) mass is 275 g/mol. The third kappa shape index (κ3) is 4.07. The Balaban J connectivity index is 1.91. The molecular formula is C18H29NO. The second-order valence-electron chi connectivity index (χ2n) is 6.53. The maximum Gasteiger partial charge on any atom is 0.0914 e. The van der Waals surface area contributed by atoms with Gasteiger partial charge in [-0.15, -0.1) is 0 Å². The summed E-state index contributed by atoms with van der Waals surface area (Å²) in [7, 11) is 0. The Hall–Kier alpha value is -0.860. The van der Waals surface area contributed by atoms with Crippen LogP contribution >= 0.6 is 0 Å². The zero-order chi connectivity index (χ0) is 14.5. The lowest BCUT2D eigenvalue weighted by molar-refractivity contribution is 0.165. The smallest absolute Gasteiger partial charge is 0.0914 e. The van der Waals surface area contributed by atoms with Gasteiger partial charge in [-0.3, -0.25) is 0 Å². The van der Waals surface area contributed by atoms with E-state index in [1.807, 2.05) is 0 Å². The number of aryl methyl sites for hydroxylation is 1. The summed E-state index contributed by atoms with van der Waals surface area (Å²) in [6, 6.07) is 6.99. The van der Waals surface area contributed by atoms with Crippen LogP contribution in [0, 0.1) is 6.92 Å². The zero-order valence-electron chi connectivity index (χ0n) is 13.2. The Labute approximate surface area is 123 Å². The van der Waals surface area contributed by atoms with E-state index in [0.717, 1.165) is 5.56 Å². The molecule has 0 radical (unpaired) electrons. The van der Waals surface area contributed by atoms with Gasteiger partial charge < -0.3 is 10.4 Å². The van der Waals surface area contributed by atoms with Crippen molar-refractivity contribution in [3.8, 4) is 0 Å². The van der Waals surface area contributed by atoms with E-state index in [4.69, 9.17) is 0 Å². The number of nitrogens with one attached hydrogen (secondary N) is 1. The zero-order valence-corrected chi connectivity index (χ0v) is 13.2. The van der Waals surface area contributed by atoms with Gasteiger partial charge in [0.15, 0.2) is 0 Å². The van der Waals surface area contributed by atoms with Gasteiger partial charge in [-0.05, 0) is 42.4 Å². The molecule has 0 aliphatic heterocycles. The standard InChI is InChI=1S/C18H29NO/c1-13(2)17-10-9-15(11-14(17)3)18(20)12-19-16-7-5-4-6-8-16/h9-11,13,16,18-20H,4-8,12H2,1-3H3. The summed E-state index contributed by atoms with van der Waals surface area (Å²) < 4.78 is 0. The fourth-order valence-corrected chi connectivity index (χ4v) is 3.26. The van der Waals surface area contributed by atoms with Crippen LogP contribution in [-0.2, 0) is 0 Å². The molecule has 0 bridgehead atoms. The lowest BCUT2D eigenvalue weighted by Gasteiger charge is -2.24. The minimum Gasteiger partial charge on any atom is -0.387 e. The van der Waals surface area contributed by atoms with Gasteiger partial charge in [0.25, 0.3) is 0 Å². The van der Waals surface area contributed by atoms with Crippen molar-refractivity contribution in [2.24, 2.45) is 0 Å². The average Bonchev–Trinajstić information content (AvgIpc) is 2.45. The predicted molar refractivity (Wildman–Crippen MR) is 85.1 cm³/mol. The summed E-state index contributed by atoms with van der Waals surface area (Å²) in [5, 5.41) is 13.9. The van der Waals surface area contributed by atoms with Crippen molar-refractivity contribution in [1.29, 1.82) is 0 Å². The van der Waals surface area contributed by atoms with Gasteiger partial charge in [0.2, 0.25) is 0 Å². The van der Waals surface area contributed by atoms with Crippen molar-refractivity contribution in [1.82, 2.24) is 5.32 Å². The highest BCUT2D eigenvalue weighted by molar-refractivity contribution is 5.34. The molecule has 0 aromatic heterocycles. The predicted octanol–water partition coefficient (Wildman–Crippen LogP) is 4.07. The normalized spacial score (nSPS) is 18.4. The minimum absolute atomic E-state index is 0.392. The topological polar surface area (TPSA) is 32.3 Å². The highest BCUT2D eigenvalue weighted by Gasteiger charge is 2.15. The molecule has 2 N–H and O–H groups in total. The molecule has 0 heterocycles. The Bertz CT molecular complexity index is 421. The Morgan fingerprint density at radius 1 is 1.20 bits per heavy atom. The van der Waals surface area contributed by atoms with Gasteiger partial charge in [-0.2, -0.15) is 0 Å². The first-order valence-corrected chi connectivity index (χ1v) is 8.10. The molecule has 0 spiro atoms. The molecule has 0 amide bonds. The van der Waals surface area contributed by atoms with Gasteiger partial charge in [-0.25, -0.2) is 0 Å². The molecule has 1 unspecified atom stereocenters. The van der Waals surface area contributed by atoms with Crippen LogP contribution in [0.3, 0.4) is 0 Å². The van der Waals surface area contributed by atoms with E-state index in [1.165, 1.54) is 43.2 Å². The SMILES string of the molecule is Cc1cc(C(O)CNC2CCCCC2)ccc1C(C)C. The fourth-order valence-electron chi connectivity index (χ4n) is 3.26. The number of hydrogen-bond donors (Lipinski definition) is 2. The number of rotatable bonds is 5. The average molecular weight is 275 g/mol. The number of benzene rings is 1. The van der Waals surface area contributed by atoms with E-state index >= 15 is 0 Å². The number of aliphatic hydroxyl groups is 1. The first kappa shape index (κ1) is 15.5. The molecule has 20 heavy (non-hydrogen) atoms. The van der Waals surface area contributed by atoms with E-state index in [9.17, 15) is 5.11 Å². The molecule has 0 saturated heterocycles. The van der Waals surface area contributed by atoms with Crippen molar-refractivity contribution in [2.45, 2.75) is 70.9 Å². The lowest BCUT2D eigenvalue weighted by atomic mass is 9.94. The maximum absolute atomic E-state index is 10.3. The van der Waals surface area contributed by atoms with Gasteiger partial charge in [-0.1, -0.05) is 51.3 Å². The van der Waals surface area contributed by atoms with E-state index in [0.29, 0.717) is 18.5 Å². The molecule has 112 valence electrons. The second-order valence-corrected chi connectivity index (χ2v) is 6.53. The van der Waals surface area contributed by atoms with Crippen LogP contribution in [0.15, 0.2) is 18.2 Å². The van der Waals surface area contributed by atoms with Crippen LogP contribution in [0.1, 0.15) is 74.7 Å². The fraction of sp³-hybridized carbons (Fsp3) is 0.667. The molecule has 1 aliphatic rings. The van der Waals surface area contributed by atoms with Crippen molar-refractivity contribution in [3.63, 3.8) is 0 Å². The van der Waals surface area contributed by atoms with E-state index in [2.05, 4.69) is 44.3 Å². The highest BCUT2D eigenvalue weighted by atomic mass is 16.3. The van der Waals surface area contributed by atoms with Crippen LogP contribution in [0.4, 0.5) is 0 Å². The molecule has 2 heteroatoms. The Morgan fingerprint density at radius 2 is 1.90 bits per heavy atom. The first-order valence-electron chi connectivity index (χ1n) is 8.10. The van der Waals surface area contributed by atoms with Crippen molar-refractivity contribution < 1.29 is 5.11 Å². The third-order valence-electron chi connectivity index (χ3n) is 4.51. The summed E-state index contributed by atoms with van der Waals surface area (Å²) in [5.41, 5.74) is 3.70. The quantitative estimate of drug-likeness (QED) is 0.849. The number of aliphatic hydroxyl groups excluding tert-OH is 1. The molecule has 2 nitrogen and oxygen atoms in total. The largest absolute Gasteiger partial charge is 0.387 e. The van der Waals surface area contributed by atoms with Gasteiger partial charge in [0.05, 0.1) is 6.10 Å². The third-order valence-corrected chi connectivity index (χ3v) is 4.51. The summed E-state index contributed by atoms with van der Waals surface area (Å²) in [4.78, 5) is 0. The van der Waals surface area contributed by atoms with Crippen LogP contribution < -0.4 is 5.32 Å². The number of hydrogen-bond acceptors (Lipinski definition) is 2. The van der Waals surface area contributed by atoms with Crippen molar-refractivity contribution in [3.05, 3.63) is 34.9 Å². The van der Waals surface area contributed by atoms with Gasteiger partial charge in [0.1, 0.15) is 0 Å². The molecule has 1 aromatic carbocycles. The van der Waals surface area contributed by atoms with Crippen LogP contribution in [0.25, 0.3) is 0 Å². The van der Waals surface area contributed by atoms with E-state index in [-0.39, 0.29) is 0 Å². The maximum atomic E-state index is 10.3. The summed E-state index contributed by atoms with van der Waals surface area (Å²) in [6.07, 6.45) is 6.16. The van der Waals surface area contributed by atoms with Crippen LogP contribution in [-0.4, -0.2) is 17.7 Å². The molecule has 1 saturated carbocycles. The lowest BCUT2D eigenvalue weighted by Crippen LogP contribution is -2.34. The Morgan fingerprint density at radius 3 is 2.50 bits per heavy atom. The van der Waals surface area contributed by atoms with E-state index in [1.54, 1.807) is 0 Å². The van der Waals surface area contributed by atoms with Gasteiger partial charge in [0, 0.05) is 12.6 Å². The Kier molecular flexibility index (Phi) is 5.62. The molecule has 1 atom stereocenters. The highest BCUT2D eigenvalue weighted by Crippen LogP contribution is 2.23. The molecule has 1 aromatic rings. The first-order chi connectivity index (χ1) is 9.58.